The van der Waals surface area contributed by atoms with E-state index in [9.17, 15) is 8.42 Å². The van der Waals surface area contributed by atoms with E-state index in [4.69, 9.17) is 13.7 Å². The van der Waals surface area contributed by atoms with Crippen molar-refractivity contribution in [2.75, 3.05) is 13.4 Å². The first-order valence-corrected chi connectivity index (χ1v) is 10.2. The molecule has 0 spiro atoms. The van der Waals surface area contributed by atoms with Crippen LogP contribution in [0.2, 0.25) is 0 Å². The lowest BCUT2D eigenvalue weighted by atomic mass is 9.81. The molecule has 0 amide bonds. The number of hydrogen-bond acceptors (Lipinski definition) is 5. The summed E-state index contributed by atoms with van der Waals surface area (Å²) in [5.74, 6) is 0.112. The summed E-state index contributed by atoms with van der Waals surface area (Å²) in [4.78, 5) is 0. The van der Waals surface area contributed by atoms with E-state index in [1.165, 1.54) is 0 Å². The van der Waals surface area contributed by atoms with Crippen LogP contribution in [0.1, 0.15) is 44.6 Å². The Balaban J connectivity index is 1.45. The third kappa shape index (κ3) is 3.67. The van der Waals surface area contributed by atoms with Gasteiger partial charge in [0.25, 0.3) is 10.1 Å². The van der Waals surface area contributed by atoms with Crippen LogP contribution in [0.15, 0.2) is 30.3 Å². The summed E-state index contributed by atoms with van der Waals surface area (Å²) in [6.45, 7) is 3.16. The Hall–Kier alpha value is -0.950. The lowest BCUT2D eigenvalue weighted by Gasteiger charge is -2.30. The van der Waals surface area contributed by atoms with Crippen molar-refractivity contribution in [2.24, 2.45) is 5.92 Å². The monoisotopic (exact) mass is 354 g/mol. The van der Waals surface area contributed by atoms with Crippen molar-refractivity contribution in [3.8, 4) is 0 Å². The van der Waals surface area contributed by atoms with Gasteiger partial charge < -0.3 is 9.47 Å². The van der Waals surface area contributed by atoms with Crippen molar-refractivity contribution in [1.82, 2.24) is 0 Å². The predicted molar refractivity (Wildman–Crippen MR) is 90.8 cm³/mol. The molecule has 2 aliphatic rings. The van der Waals surface area contributed by atoms with E-state index in [0.717, 1.165) is 24.8 Å². The molecule has 3 unspecified atom stereocenters. The van der Waals surface area contributed by atoms with E-state index in [0.29, 0.717) is 26.1 Å². The number of benzene rings is 1. The SMILES string of the molecule is CCC1(CCOCOCc2ccccc2)OS(=O)(=O)C2CCCC21. The average Bonchev–Trinajstić information content (AvgIpc) is 3.15. The first-order chi connectivity index (χ1) is 11.6. The first kappa shape index (κ1) is 17.9. The summed E-state index contributed by atoms with van der Waals surface area (Å²) < 4.78 is 41.1. The Morgan fingerprint density at radius 3 is 2.75 bits per heavy atom. The second-order valence-corrected chi connectivity index (χ2v) is 8.44. The summed E-state index contributed by atoms with van der Waals surface area (Å²) in [5, 5.41) is -0.313. The maximum absolute atomic E-state index is 12.2. The lowest BCUT2D eigenvalue weighted by molar-refractivity contribution is -0.0795. The number of hydrogen-bond donors (Lipinski definition) is 0. The molecule has 1 aliphatic heterocycles. The average molecular weight is 354 g/mol. The van der Waals surface area contributed by atoms with Gasteiger partial charge in [-0.3, -0.25) is 4.18 Å². The number of fused-ring (bicyclic) bond motifs is 1. The van der Waals surface area contributed by atoms with Crippen molar-refractivity contribution in [2.45, 2.75) is 56.5 Å². The largest absolute Gasteiger partial charge is 0.355 e. The van der Waals surface area contributed by atoms with E-state index in [-0.39, 0.29) is 18.0 Å². The van der Waals surface area contributed by atoms with Crippen LogP contribution in [-0.2, 0) is 30.4 Å². The van der Waals surface area contributed by atoms with Crippen LogP contribution in [0.3, 0.4) is 0 Å². The molecule has 1 saturated heterocycles. The fraction of sp³-hybridized carbons (Fsp3) is 0.667. The van der Waals surface area contributed by atoms with E-state index in [2.05, 4.69) is 0 Å². The van der Waals surface area contributed by atoms with Crippen LogP contribution in [0.5, 0.6) is 0 Å². The summed E-state index contributed by atoms with van der Waals surface area (Å²) in [6.07, 6.45) is 3.93. The highest BCUT2D eigenvalue weighted by molar-refractivity contribution is 7.87. The zero-order valence-electron chi connectivity index (χ0n) is 14.1. The van der Waals surface area contributed by atoms with Crippen molar-refractivity contribution in [3.05, 3.63) is 35.9 Å². The molecule has 5 nitrogen and oxygen atoms in total. The van der Waals surface area contributed by atoms with Crippen LogP contribution in [0, 0.1) is 5.92 Å². The van der Waals surface area contributed by atoms with E-state index in [1.54, 1.807) is 0 Å². The molecular formula is C18H26O5S. The molecule has 0 radical (unpaired) electrons. The van der Waals surface area contributed by atoms with Gasteiger partial charge >= 0.3 is 0 Å². The van der Waals surface area contributed by atoms with E-state index >= 15 is 0 Å². The maximum Gasteiger partial charge on any atom is 0.271 e. The minimum Gasteiger partial charge on any atom is -0.355 e. The second kappa shape index (κ2) is 7.52. The van der Waals surface area contributed by atoms with Gasteiger partial charge in [-0.2, -0.15) is 8.42 Å². The van der Waals surface area contributed by atoms with Crippen molar-refractivity contribution >= 4 is 10.1 Å². The standard InChI is InChI=1S/C18H26O5S/c1-2-18(16-9-6-10-17(16)24(19,20)23-18)11-12-21-14-22-13-15-7-4-3-5-8-15/h3-5,7-8,16-17H,2,6,9-14H2,1H3. The molecule has 1 saturated carbocycles. The molecule has 0 aromatic heterocycles. The minimum absolute atomic E-state index is 0.112. The van der Waals surface area contributed by atoms with Crippen molar-refractivity contribution in [1.29, 1.82) is 0 Å². The molecule has 1 aromatic carbocycles. The summed E-state index contributed by atoms with van der Waals surface area (Å²) in [5.41, 5.74) is 0.518. The van der Waals surface area contributed by atoms with Crippen LogP contribution in [-0.4, -0.2) is 32.7 Å². The molecule has 6 heteroatoms. The first-order valence-electron chi connectivity index (χ1n) is 8.71. The van der Waals surface area contributed by atoms with Crippen LogP contribution >= 0.6 is 0 Å². The lowest BCUT2D eigenvalue weighted by Crippen LogP contribution is -2.37. The smallest absolute Gasteiger partial charge is 0.271 e. The summed E-state index contributed by atoms with van der Waals surface area (Å²) in [7, 11) is -3.41. The molecule has 1 aromatic rings. The molecule has 2 fully saturated rings. The molecule has 0 bridgehead atoms. The molecule has 3 atom stereocenters. The Morgan fingerprint density at radius 1 is 1.21 bits per heavy atom. The van der Waals surface area contributed by atoms with E-state index in [1.807, 2.05) is 37.3 Å². The highest BCUT2D eigenvalue weighted by atomic mass is 32.2. The fourth-order valence-electron chi connectivity index (χ4n) is 4.05. The topological polar surface area (TPSA) is 61.8 Å². The van der Waals surface area contributed by atoms with Gasteiger partial charge in [0, 0.05) is 12.3 Å². The Kier molecular flexibility index (Phi) is 5.59. The minimum atomic E-state index is -3.41. The molecule has 3 rings (SSSR count). The summed E-state index contributed by atoms with van der Waals surface area (Å²) in [6, 6.07) is 9.92. The third-order valence-electron chi connectivity index (χ3n) is 5.33. The normalized spacial score (nSPS) is 31.2. The Morgan fingerprint density at radius 2 is 2.00 bits per heavy atom. The van der Waals surface area contributed by atoms with E-state index < -0.39 is 15.7 Å². The highest BCUT2D eigenvalue weighted by Crippen LogP contribution is 2.51. The van der Waals surface area contributed by atoms with Gasteiger partial charge in [-0.1, -0.05) is 43.7 Å². The third-order valence-corrected chi connectivity index (χ3v) is 7.20. The fourth-order valence-corrected chi connectivity index (χ4v) is 6.20. The second-order valence-electron chi connectivity index (χ2n) is 6.68. The molecule has 1 aliphatic carbocycles. The molecule has 134 valence electrons. The van der Waals surface area contributed by atoms with Gasteiger partial charge in [0.15, 0.2) is 0 Å². The highest BCUT2D eigenvalue weighted by Gasteiger charge is 2.58. The van der Waals surface area contributed by atoms with Crippen LogP contribution < -0.4 is 0 Å². The molecular weight excluding hydrogens is 328 g/mol. The van der Waals surface area contributed by atoms with Gasteiger partial charge in [0.05, 0.1) is 24.1 Å². The van der Waals surface area contributed by atoms with Gasteiger partial charge in [0.2, 0.25) is 0 Å². The zero-order valence-corrected chi connectivity index (χ0v) is 15.0. The molecule has 1 heterocycles. The Bertz CT molecular complexity index is 630. The van der Waals surface area contributed by atoms with Crippen molar-refractivity contribution in [3.63, 3.8) is 0 Å². The number of ether oxygens (including phenoxy) is 2. The molecule has 24 heavy (non-hydrogen) atoms. The summed E-state index contributed by atoms with van der Waals surface area (Å²) >= 11 is 0. The van der Waals surface area contributed by atoms with Gasteiger partial charge in [-0.25, -0.2) is 0 Å². The van der Waals surface area contributed by atoms with Gasteiger partial charge in [-0.05, 0) is 24.8 Å². The zero-order chi connectivity index (χ0) is 17.0. The predicted octanol–water partition coefficient (Wildman–Crippen LogP) is 3.24. The van der Waals surface area contributed by atoms with Crippen LogP contribution in [0.25, 0.3) is 0 Å². The number of rotatable bonds is 8. The van der Waals surface area contributed by atoms with Gasteiger partial charge in [-0.15, -0.1) is 0 Å². The maximum atomic E-state index is 12.2. The quantitative estimate of drug-likeness (QED) is 0.407. The Labute approximate surface area is 144 Å². The van der Waals surface area contributed by atoms with Crippen molar-refractivity contribution < 1.29 is 22.1 Å². The van der Waals surface area contributed by atoms with Gasteiger partial charge in [0.1, 0.15) is 6.79 Å². The molecule has 0 N–H and O–H groups in total. The van der Waals surface area contributed by atoms with Crippen LogP contribution in [0.4, 0.5) is 0 Å².